The molecule has 0 bridgehead atoms. The highest BCUT2D eigenvalue weighted by atomic mass is 35.5. The van der Waals surface area contributed by atoms with E-state index < -0.39 is 0 Å². The van der Waals surface area contributed by atoms with Gasteiger partial charge in [-0.25, -0.2) is 4.39 Å². The van der Waals surface area contributed by atoms with Gasteiger partial charge >= 0.3 is 0 Å². The van der Waals surface area contributed by atoms with Crippen LogP contribution in [-0.2, 0) is 17.9 Å². The molecule has 0 aromatic heterocycles. The molecule has 0 saturated carbocycles. The third-order valence-electron chi connectivity index (χ3n) is 4.08. The van der Waals surface area contributed by atoms with Gasteiger partial charge in [-0.2, -0.15) is 0 Å². The number of halogens is 2. The molecular formula is C19H21ClFNO2. The summed E-state index contributed by atoms with van der Waals surface area (Å²) >= 11 is 6.05. The number of rotatable bonds is 7. The average Bonchev–Trinajstić information content (AvgIpc) is 3.08. The Morgan fingerprint density at radius 3 is 2.88 bits per heavy atom. The van der Waals surface area contributed by atoms with Crippen LogP contribution in [0.1, 0.15) is 24.0 Å². The van der Waals surface area contributed by atoms with Gasteiger partial charge in [-0.15, -0.1) is 0 Å². The second-order valence-electron chi connectivity index (χ2n) is 5.90. The second kappa shape index (κ2) is 8.47. The first-order valence-electron chi connectivity index (χ1n) is 8.19. The van der Waals surface area contributed by atoms with Crippen LogP contribution in [0.15, 0.2) is 42.5 Å². The summed E-state index contributed by atoms with van der Waals surface area (Å²) in [7, 11) is 0. The summed E-state index contributed by atoms with van der Waals surface area (Å²) in [6.07, 6.45) is 2.58. The molecule has 3 rings (SSSR count). The molecular weight excluding hydrogens is 329 g/mol. The first-order valence-corrected chi connectivity index (χ1v) is 8.57. The lowest BCUT2D eigenvalue weighted by atomic mass is 10.2. The smallest absolute Gasteiger partial charge is 0.124 e. The Labute approximate surface area is 146 Å². The number of benzene rings is 2. The predicted octanol–water partition coefficient (Wildman–Crippen LogP) is 4.33. The van der Waals surface area contributed by atoms with Gasteiger partial charge in [0, 0.05) is 30.8 Å². The van der Waals surface area contributed by atoms with E-state index in [1.54, 1.807) is 6.07 Å². The van der Waals surface area contributed by atoms with Crippen molar-refractivity contribution in [1.29, 1.82) is 0 Å². The molecule has 0 spiro atoms. The van der Waals surface area contributed by atoms with Crippen molar-refractivity contribution in [3.05, 3.63) is 64.4 Å². The summed E-state index contributed by atoms with van der Waals surface area (Å²) in [5.74, 6) is 0.459. The van der Waals surface area contributed by atoms with Crippen molar-refractivity contribution in [3.63, 3.8) is 0 Å². The lowest BCUT2D eigenvalue weighted by Gasteiger charge is -2.14. The number of ether oxygens (including phenoxy) is 2. The largest absolute Gasteiger partial charge is 0.489 e. The van der Waals surface area contributed by atoms with Crippen molar-refractivity contribution in [2.75, 3.05) is 13.2 Å². The van der Waals surface area contributed by atoms with E-state index in [9.17, 15) is 4.39 Å². The average molecular weight is 350 g/mol. The second-order valence-corrected chi connectivity index (χ2v) is 6.31. The van der Waals surface area contributed by atoms with Crippen LogP contribution >= 0.6 is 11.6 Å². The zero-order chi connectivity index (χ0) is 16.8. The first kappa shape index (κ1) is 17.2. The Morgan fingerprint density at radius 2 is 2.08 bits per heavy atom. The zero-order valence-corrected chi connectivity index (χ0v) is 14.2. The summed E-state index contributed by atoms with van der Waals surface area (Å²) in [6, 6.07) is 12.2. The van der Waals surface area contributed by atoms with Crippen molar-refractivity contribution >= 4 is 11.6 Å². The summed E-state index contributed by atoms with van der Waals surface area (Å²) in [5, 5.41) is 3.80. The van der Waals surface area contributed by atoms with Crippen LogP contribution in [0, 0.1) is 5.82 Å². The van der Waals surface area contributed by atoms with Gasteiger partial charge in [-0.1, -0.05) is 35.9 Å². The molecule has 1 atom stereocenters. The summed E-state index contributed by atoms with van der Waals surface area (Å²) < 4.78 is 24.6. The van der Waals surface area contributed by atoms with Gasteiger partial charge in [0.25, 0.3) is 0 Å². The van der Waals surface area contributed by atoms with E-state index in [1.807, 2.05) is 24.3 Å². The quantitative estimate of drug-likeness (QED) is 0.807. The highest BCUT2D eigenvalue weighted by Crippen LogP contribution is 2.23. The minimum atomic E-state index is -0.345. The predicted molar refractivity (Wildman–Crippen MR) is 92.9 cm³/mol. The fraction of sp³-hybridized carbons (Fsp3) is 0.368. The minimum Gasteiger partial charge on any atom is -0.489 e. The molecule has 0 aliphatic carbocycles. The lowest BCUT2D eigenvalue weighted by Crippen LogP contribution is -2.25. The molecule has 0 unspecified atom stereocenters. The third kappa shape index (κ3) is 4.69. The van der Waals surface area contributed by atoms with E-state index in [0.717, 1.165) is 42.9 Å². The van der Waals surface area contributed by atoms with Crippen molar-refractivity contribution in [2.24, 2.45) is 0 Å². The molecule has 1 N–H and O–H groups in total. The maximum absolute atomic E-state index is 13.1. The lowest BCUT2D eigenvalue weighted by molar-refractivity contribution is 0.110. The van der Waals surface area contributed by atoms with E-state index in [2.05, 4.69) is 5.32 Å². The van der Waals surface area contributed by atoms with Crippen LogP contribution in [-0.4, -0.2) is 19.3 Å². The Morgan fingerprint density at radius 1 is 1.21 bits per heavy atom. The van der Waals surface area contributed by atoms with Crippen molar-refractivity contribution < 1.29 is 13.9 Å². The van der Waals surface area contributed by atoms with Crippen LogP contribution < -0.4 is 10.1 Å². The SMILES string of the molecule is Fc1ccc(COc2ccccc2CNC[C@H]2CCCO2)c(Cl)c1. The van der Waals surface area contributed by atoms with Crippen molar-refractivity contribution in [1.82, 2.24) is 5.32 Å². The standard InChI is InChI=1S/C19H21ClFNO2/c20-18-10-16(21)8-7-15(18)13-24-19-6-2-1-4-14(19)11-22-12-17-5-3-9-23-17/h1-2,4,6-8,10,17,22H,3,5,9,11-13H2/t17-/m1/s1. The normalized spacial score (nSPS) is 17.2. The zero-order valence-electron chi connectivity index (χ0n) is 13.4. The van der Waals surface area contributed by atoms with Crippen LogP contribution in [0.5, 0.6) is 5.75 Å². The minimum absolute atomic E-state index is 0.307. The van der Waals surface area contributed by atoms with Gasteiger partial charge in [-0.05, 0) is 31.0 Å². The van der Waals surface area contributed by atoms with Gasteiger partial charge in [0.1, 0.15) is 18.2 Å². The molecule has 24 heavy (non-hydrogen) atoms. The number of nitrogens with one attached hydrogen (secondary N) is 1. The molecule has 5 heteroatoms. The Balaban J connectivity index is 1.56. The van der Waals surface area contributed by atoms with Crippen molar-refractivity contribution in [3.8, 4) is 5.75 Å². The summed E-state index contributed by atoms with van der Waals surface area (Å²) in [5.41, 5.74) is 1.84. The molecule has 1 saturated heterocycles. The number of para-hydroxylation sites is 1. The van der Waals surface area contributed by atoms with Gasteiger partial charge in [0.15, 0.2) is 0 Å². The van der Waals surface area contributed by atoms with E-state index in [4.69, 9.17) is 21.1 Å². The highest BCUT2D eigenvalue weighted by Gasteiger charge is 2.15. The Kier molecular flexibility index (Phi) is 6.07. The van der Waals surface area contributed by atoms with E-state index in [1.165, 1.54) is 12.1 Å². The molecule has 2 aromatic carbocycles. The molecule has 1 aliphatic heterocycles. The van der Waals surface area contributed by atoms with Gasteiger partial charge in [0.05, 0.1) is 11.1 Å². The van der Waals surface area contributed by atoms with Gasteiger partial charge < -0.3 is 14.8 Å². The third-order valence-corrected chi connectivity index (χ3v) is 4.43. The maximum atomic E-state index is 13.1. The molecule has 2 aromatic rings. The van der Waals surface area contributed by atoms with Gasteiger partial charge in [-0.3, -0.25) is 0 Å². The van der Waals surface area contributed by atoms with Crippen LogP contribution in [0.3, 0.4) is 0 Å². The summed E-state index contributed by atoms with van der Waals surface area (Å²) in [6.45, 7) is 2.73. The molecule has 1 aliphatic rings. The van der Waals surface area contributed by atoms with Gasteiger partial charge in [0.2, 0.25) is 0 Å². The fourth-order valence-corrected chi connectivity index (χ4v) is 2.98. The fourth-order valence-electron chi connectivity index (χ4n) is 2.76. The number of hydrogen-bond acceptors (Lipinski definition) is 3. The topological polar surface area (TPSA) is 30.5 Å². The van der Waals surface area contributed by atoms with Crippen LogP contribution in [0.2, 0.25) is 5.02 Å². The van der Waals surface area contributed by atoms with Crippen LogP contribution in [0.4, 0.5) is 4.39 Å². The molecule has 1 heterocycles. The Bertz CT molecular complexity index is 674. The van der Waals surface area contributed by atoms with E-state index in [0.29, 0.717) is 24.3 Å². The van der Waals surface area contributed by atoms with Crippen LogP contribution in [0.25, 0.3) is 0 Å². The highest BCUT2D eigenvalue weighted by molar-refractivity contribution is 6.31. The van der Waals surface area contributed by atoms with Crippen molar-refractivity contribution in [2.45, 2.75) is 32.1 Å². The molecule has 0 radical (unpaired) electrons. The maximum Gasteiger partial charge on any atom is 0.124 e. The molecule has 1 fully saturated rings. The van der Waals surface area contributed by atoms with E-state index in [-0.39, 0.29) is 5.82 Å². The summed E-state index contributed by atoms with van der Waals surface area (Å²) in [4.78, 5) is 0. The molecule has 0 amide bonds. The monoisotopic (exact) mass is 349 g/mol. The van der Waals surface area contributed by atoms with E-state index >= 15 is 0 Å². The molecule has 128 valence electrons. The molecule has 3 nitrogen and oxygen atoms in total. The Hall–Kier alpha value is -1.62. The first-order chi connectivity index (χ1) is 11.7. The number of hydrogen-bond donors (Lipinski definition) is 1.